The van der Waals surface area contributed by atoms with E-state index >= 15 is 0 Å². The number of rotatable bonds is 8. The SMILES string of the molecule is O=C(CSc1nnc(-c2ccc(Cl)cc2)n1Cc1ccccc1)NCc1ccco1. The number of furan rings is 1. The highest BCUT2D eigenvalue weighted by Crippen LogP contribution is 2.26. The van der Waals surface area contributed by atoms with E-state index in [4.69, 9.17) is 16.0 Å². The van der Waals surface area contributed by atoms with Gasteiger partial charge in [-0.05, 0) is 42.0 Å². The Hall–Kier alpha value is -3.03. The zero-order valence-corrected chi connectivity index (χ0v) is 17.6. The highest BCUT2D eigenvalue weighted by atomic mass is 35.5. The van der Waals surface area contributed by atoms with Crippen molar-refractivity contribution < 1.29 is 9.21 Å². The summed E-state index contributed by atoms with van der Waals surface area (Å²) in [6.45, 7) is 0.960. The Kier molecular flexibility index (Phi) is 6.51. The Morgan fingerprint density at radius 1 is 1.03 bits per heavy atom. The molecule has 0 radical (unpaired) electrons. The number of hydrogen-bond acceptors (Lipinski definition) is 5. The molecule has 2 aromatic heterocycles. The lowest BCUT2D eigenvalue weighted by Crippen LogP contribution is -2.24. The second kappa shape index (κ2) is 9.65. The van der Waals surface area contributed by atoms with Crippen molar-refractivity contribution in [2.75, 3.05) is 5.75 Å². The van der Waals surface area contributed by atoms with Crippen LogP contribution in [0.4, 0.5) is 0 Å². The van der Waals surface area contributed by atoms with Crippen LogP contribution in [0.2, 0.25) is 5.02 Å². The molecule has 0 spiro atoms. The van der Waals surface area contributed by atoms with Gasteiger partial charge in [0.15, 0.2) is 11.0 Å². The van der Waals surface area contributed by atoms with Crippen LogP contribution in [0.15, 0.2) is 82.6 Å². The summed E-state index contributed by atoms with van der Waals surface area (Å²) >= 11 is 7.38. The first-order valence-electron chi connectivity index (χ1n) is 9.34. The zero-order chi connectivity index (χ0) is 20.8. The van der Waals surface area contributed by atoms with Gasteiger partial charge in [0, 0.05) is 10.6 Å². The molecule has 4 aromatic rings. The van der Waals surface area contributed by atoms with Crippen LogP contribution in [-0.4, -0.2) is 26.4 Å². The number of carbonyl (C=O) groups is 1. The fraction of sp³-hybridized carbons (Fsp3) is 0.136. The smallest absolute Gasteiger partial charge is 0.230 e. The van der Waals surface area contributed by atoms with Gasteiger partial charge in [-0.3, -0.25) is 9.36 Å². The normalized spacial score (nSPS) is 10.8. The van der Waals surface area contributed by atoms with Gasteiger partial charge in [0.05, 0.1) is 25.1 Å². The van der Waals surface area contributed by atoms with Crippen LogP contribution in [0.3, 0.4) is 0 Å². The molecule has 0 saturated carbocycles. The summed E-state index contributed by atoms with van der Waals surface area (Å²) in [6, 6.07) is 21.2. The van der Waals surface area contributed by atoms with Crippen molar-refractivity contribution in [1.82, 2.24) is 20.1 Å². The van der Waals surface area contributed by atoms with Gasteiger partial charge >= 0.3 is 0 Å². The third kappa shape index (κ3) is 5.11. The van der Waals surface area contributed by atoms with Gasteiger partial charge < -0.3 is 9.73 Å². The molecule has 1 N–H and O–H groups in total. The number of hydrogen-bond donors (Lipinski definition) is 1. The Morgan fingerprint density at radius 3 is 2.57 bits per heavy atom. The van der Waals surface area contributed by atoms with E-state index in [0.717, 1.165) is 17.0 Å². The molecule has 0 bridgehead atoms. The first-order valence-corrected chi connectivity index (χ1v) is 10.7. The third-order valence-electron chi connectivity index (χ3n) is 4.38. The minimum atomic E-state index is -0.0984. The summed E-state index contributed by atoms with van der Waals surface area (Å²) < 4.78 is 7.25. The summed E-state index contributed by atoms with van der Waals surface area (Å²) in [4.78, 5) is 12.2. The largest absolute Gasteiger partial charge is 0.467 e. The molecule has 8 heteroatoms. The molecule has 4 rings (SSSR count). The Balaban J connectivity index is 1.51. The number of nitrogens with one attached hydrogen (secondary N) is 1. The maximum absolute atomic E-state index is 12.2. The van der Waals surface area contributed by atoms with Gasteiger partial charge in [-0.15, -0.1) is 10.2 Å². The Bertz CT molecular complexity index is 1100. The minimum Gasteiger partial charge on any atom is -0.467 e. The number of benzene rings is 2. The number of nitrogens with zero attached hydrogens (tertiary/aromatic N) is 3. The van der Waals surface area contributed by atoms with Crippen LogP contribution in [0.5, 0.6) is 0 Å². The quantitative estimate of drug-likeness (QED) is 0.405. The van der Waals surface area contributed by atoms with Crippen molar-refractivity contribution in [3.63, 3.8) is 0 Å². The number of halogens is 1. The lowest BCUT2D eigenvalue weighted by atomic mass is 10.2. The first kappa shape index (κ1) is 20.3. The lowest BCUT2D eigenvalue weighted by Gasteiger charge is -2.11. The molecule has 0 atom stereocenters. The maximum Gasteiger partial charge on any atom is 0.230 e. The molecule has 0 unspecified atom stereocenters. The Morgan fingerprint density at radius 2 is 1.83 bits per heavy atom. The maximum atomic E-state index is 12.2. The fourth-order valence-corrected chi connectivity index (χ4v) is 3.79. The topological polar surface area (TPSA) is 73.0 Å². The highest BCUT2D eigenvalue weighted by molar-refractivity contribution is 7.99. The van der Waals surface area contributed by atoms with Gasteiger partial charge in [0.25, 0.3) is 0 Å². The van der Waals surface area contributed by atoms with Gasteiger partial charge in [-0.25, -0.2) is 0 Å². The summed E-state index contributed by atoms with van der Waals surface area (Å²) in [5.74, 6) is 1.58. The van der Waals surface area contributed by atoms with Gasteiger partial charge in [-0.2, -0.15) is 0 Å². The number of aromatic nitrogens is 3. The van der Waals surface area contributed by atoms with Gasteiger partial charge in [0.2, 0.25) is 5.91 Å². The predicted octanol–water partition coefficient (Wildman–Crippen LogP) is 4.65. The summed E-state index contributed by atoms with van der Waals surface area (Å²) in [5.41, 5.74) is 2.04. The molecule has 1 amide bonds. The number of thioether (sulfide) groups is 1. The van der Waals surface area contributed by atoms with Crippen molar-refractivity contribution in [1.29, 1.82) is 0 Å². The van der Waals surface area contributed by atoms with Crippen LogP contribution >= 0.6 is 23.4 Å². The molecule has 0 fully saturated rings. The molecule has 152 valence electrons. The molecular weight excluding hydrogens is 420 g/mol. The molecular formula is C22H19ClN4O2S. The molecule has 0 aliphatic carbocycles. The predicted molar refractivity (Wildman–Crippen MR) is 117 cm³/mol. The second-order valence-electron chi connectivity index (χ2n) is 6.53. The van der Waals surface area contributed by atoms with E-state index < -0.39 is 0 Å². The van der Waals surface area contributed by atoms with E-state index in [0.29, 0.717) is 29.0 Å². The van der Waals surface area contributed by atoms with Crippen molar-refractivity contribution in [3.8, 4) is 11.4 Å². The highest BCUT2D eigenvalue weighted by Gasteiger charge is 2.16. The van der Waals surface area contributed by atoms with E-state index in [1.807, 2.05) is 53.1 Å². The minimum absolute atomic E-state index is 0.0984. The standard InChI is InChI=1S/C22H19ClN4O2S/c23-18-10-8-17(9-11-18)21-25-26-22(27(21)14-16-5-2-1-3-6-16)30-15-20(28)24-13-19-7-4-12-29-19/h1-12H,13-15H2,(H,24,28). The van der Waals surface area contributed by atoms with Crippen molar-refractivity contribution in [2.24, 2.45) is 0 Å². The molecule has 30 heavy (non-hydrogen) atoms. The van der Waals surface area contributed by atoms with Gasteiger partial charge in [-0.1, -0.05) is 53.7 Å². The van der Waals surface area contributed by atoms with Crippen LogP contribution < -0.4 is 5.32 Å². The summed E-state index contributed by atoms with van der Waals surface area (Å²) in [6.07, 6.45) is 1.58. The fourth-order valence-electron chi connectivity index (χ4n) is 2.90. The molecule has 0 saturated heterocycles. The molecule has 0 aliphatic rings. The van der Waals surface area contributed by atoms with E-state index in [9.17, 15) is 4.79 Å². The molecule has 2 aromatic carbocycles. The average Bonchev–Trinajstić information content (AvgIpc) is 3.42. The van der Waals surface area contributed by atoms with Crippen LogP contribution in [-0.2, 0) is 17.9 Å². The zero-order valence-electron chi connectivity index (χ0n) is 16.0. The first-order chi connectivity index (χ1) is 14.7. The van der Waals surface area contributed by atoms with Crippen LogP contribution in [0, 0.1) is 0 Å². The van der Waals surface area contributed by atoms with Gasteiger partial charge in [0.1, 0.15) is 5.76 Å². The van der Waals surface area contributed by atoms with E-state index in [-0.39, 0.29) is 11.7 Å². The van der Waals surface area contributed by atoms with Crippen molar-refractivity contribution in [3.05, 3.63) is 89.3 Å². The summed E-state index contributed by atoms with van der Waals surface area (Å²) in [5, 5.41) is 12.9. The van der Waals surface area contributed by atoms with Crippen molar-refractivity contribution >= 4 is 29.3 Å². The van der Waals surface area contributed by atoms with Crippen LogP contribution in [0.25, 0.3) is 11.4 Å². The van der Waals surface area contributed by atoms with Crippen LogP contribution in [0.1, 0.15) is 11.3 Å². The second-order valence-corrected chi connectivity index (χ2v) is 7.91. The monoisotopic (exact) mass is 438 g/mol. The number of carbonyl (C=O) groups excluding carboxylic acids is 1. The van der Waals surface area contributed by atoms with E-state index in [1.165, 1.54) is 11.8 Å². The van der Waals surface area contributed by atoms with Crippen molar-refractivity contribution in [2.45, 2.75) is 18.2 Å². The number of amides is 1. The molecule has 0 aliphatic heterocycles. The summed E-state index contributed by atoms with van der Waals surface area (Å²) in [7, 11) is 0. The van der Waals surface area contributed by atoms with E-state index in [1.54, 1.807) is 12.3 Å². The average molecular weight is 439 g/mol. The van der Waals surface area contributed by atoms with E-state index in [2.05, 4.69) is 27.6 Å². The molecule has 6 nitrogen and oxygen atoms in total. The third-order valence-corrected chi connectivity index (χ3v) is 5.59. The lowest BCUT2D eigenvalue weighted by molar-refractivity contribution is -0.118. The molecule has 2 heterocycles. The Labute approximate surface area is 183 Å².